The number of alkyl halides is 3. The highest BCUT2D eigenvalue weighted by Crippen LogP contribution is 2.34. The Hall–Kier alpha value is -3.64. The van der Waals surface area contributed by atoms with Gasteiger partial charge >= 0.3 is 12.1 Å². The standard InChI is InChI=1S/C24H24ClF3N4O5/c1-30-20-19(21(34)31(23(30)35)11-2-3-12-33)32(14-15-7-9-16(25)10-8-15)22(29-20)36-17-5-4-6-18(13-17)37-24(26,27)28/h4-10,13,22,29,33H,2-3,11-12,14H2,1H3. The second-order valence-corrected chi connectivity index (χ2v) is 8.75. The summed E-state index contributed by atoms with van der Waals surface area (Å²) in [5.41, 5.74) is -0.185. The molecule has 0 amide bonds. The van der Waals surface area contributed by atoms with Gasteiger partial charge in [0.15, 0.2) is 0 Å². The van der Waals surface area contributed by atoms with Crippen molar-refractivity contribution < 1.29 is 27.8 Å². The third-order valence-corrected chi connectivity index (χ3v) is 5.95. The number of benzene rings is 2. The zero-order chi connectivity index (χ0) is 26.7. The van der Waals surface area contributed by atoms with Crippen LogP contribution >= 0.6 is 11.6 Å². The summed E-state index contributed by atoms with van der Waals surface area (Å²) in [6.07, 6.45) is -5.08. The Labute approximate surface area is 214 Å². The van der Waals surface area contributed by atoms with Crippen molar-refractivity contribution in [3.05, 3.63) is 80.0 Å². The van der Waals surface area contributed by atoms with Gasteiger partial charge in [-0.1, -0.05) is 29.8 Å². The molecule has 2 aromatic carbocycles. The van der Waals surface area contributed by atoms with Crippen LogP contribution in [0.25, 0.3) is 0 Å². The van der Waals surface area contributed by atoms with E-state index in [1.807, 2.05) is 0 Å². The van der Waals surface area contributed by atoms with Crippen molar-refractivity contribution in [1.82, 2.24) is 9.13 Å². The minimum atomic E-state index is -4.87. The number of aliphatic hydroxyl groups excluding tert-OH is 1. The number of hydrogen-bond acceptors (Lipinski definition) is 7. The van der Waals surface area contributed by atoms with Crippen molar-refractivity contribution in [2.45, 2.75) is 38.6 Å². The normalized spacial score (nSPS) is 14.9. The lowest BCUT2D eigenvalue weighted by atomic mass is 10.2. The second kappa shape index (κ2) is 10.8. The summed E-state index contributed by atoms with van der Waals surface area (Å²) in [5, 5.41) is 12.6. The summed E-state index contributed by atoms with van der Waals surface area (Å²) in [4.78, 5) is 28.0. The molecule has 2 N–H and O–H groups in total. The third kappa shape index (κ3) is 6.03. The fourth-order valence-corrected chi connectivity index (χ4v) is 4.11. The lowest BCUT2D eigenvalue weighted by Crippen LogP contribution is -2.43. The van der Waals surface area contributed by atoms with E-state index in [0.717, 1.165) is 22.3 Å². The molecule has 4 rings (SSSR count). The molecule has 1 aliphatic heterocycles. The summed E-state index contributed by atoms with van der Waals surface area (Å²) >= 11 is 6.00. The summed E-state index contributed by atoms with van der Waals surface area (Å²) in [6.45, 7) is 0.193. The van der Waals surface area contributed by atoms with Crippen molar-refractivity contribution >= 4 is 23.1 Å². The molecule has 3 aromatic rings. The molecule has 1 unspecified atom stereocenters. The second-order valence-electron chi connectivity index (χ2n) is 8.32. The van der Waals surface area contributed by atoms with Gasteiger partial charge in [0, 0.05) is 37.8 Å². The van der Waals surface area contributed by atoms with Crippen LogP contribution in [0.3, 0.4) is 0 Å². The highest BCUT2D eigenvalue weighted by molar-refractivity contribution is 6.30. The van der Waals surface area contributed by atoms with E-state index in [1.54, 1.807) is 29.2 Å². The van der Waals surface area contributed by atoms with E-state index < -0.39 is 29.7 Å². The van der Waals surface area contributed by atoms with E-state index in [4.69, 9.17) is 21.4 Å². The van der Waals surface area contributed by atoms with Crippen molar-refractivity contribution in [3.63, 3.8) is 0 Å². The molecule has 0 saturated heterocycles. The number of aliphatic hydroxyl groups is 1. The zero-order valence-corrected chi connectivity index (χ0v) is 20.4. The van der Waals surface area contributed by atoms with Gasteiger partial charge in [0.25, 0.3) is 11.9 Å². The Bertz CT molecular complexity index is 1370. The van der Waals surface area contributed by atoms with E-state index in [-0.39, 0.29) is 37.0 Å². The van der Waals surface area contributed by atoms with Crippen LogP contribution in [0.1, 0.15) is 18.4 Å². The maximum absolute atomic E-state index is 13.5. The predicted molar refractivity (Wildman–Crippen MR) is 131 cm³/mol. The highest BCUT2D eigenvalue weighted by Gasteiger charge is 2.37. The molecule has 13 heteroatoms. The number of aromatic nitrogens is 2. The molecule has 9 nitrogen and oxygen atoms in total. The first-order chi connectivity index (χ1) is 17.6. The summed E-state index contributed by atoms with van der Waals surface area (Å²) < 4.78 is 50.4. The number of fused-ring (bicyclic) bond motifs is 1. The van der Waals surface area contributed by atoms with Gasteiger partial charge in [-0.15, -0.1) is 13.2 Å². The maximum atomic E-state index is 13.5. The SMILES string of the molecule is Cn1c2c(c(=O)n(CCCCO)c1=O)N(Cc1ccc(Cl)cc1)C(Oc1cccc(OC(F)(F)F)c1)N2. The number of nitrogens with one attached hydrogen (secondary N) is 1. The molecule has 198 valence electrons. The Morgan fingerprint density at radius 2 is 1.78 bits per heavy atom. The zero-order valence-electron chi connectivity index (χ0n) is 19.7. The number of hydrogen-bond donors (Lipinski definition) is 2. The van der Waals surface area contributed by atoms with Crippen molar-refractivity contribution in [2.75, 3.05) is 16.8 Å². The number of rotatable bonds is 9. The van der Waals surface area contributed by atoms with Gasteiger partial charge in [-0.05, 0) is 42.7 Å². The summed E-state index contributed by atoms with van der Waals surface area (Å²) in [7, 11) is 1.50. The van der Waals surface area contributed by atoms with Gasteiger partial charge in [-0.3, -0.25) is 13.9 Å². The van der Waals surface area contributed by atoms with Crippen LogP contribution in [0.2, 0.25) is 5.02 Å². The van der Waals surface area contributed by atoms with Crippen LogP contribution in [-0.4, -0.2) is 33.6 Å². The first-order valence-electron chi connectivity index (χ1n) is 11.3. The van der Waals surface area contributed by atoms with E-state index in [0.29, 0.717) is 17.9 Å². The Morgan fingerprint density at radius 3 is 2.46 bits per heavy atom. The highest BCUT2D eigenvalue weighted by atomic mass is 35.5. The molecule has 0 fully saturated rings. The molecule has 2 heterocycles. The quantitative estimate of drug-likeness (QED) is 0.400. The smallest absolute Gasteiger partial charge is 0.452 e. The lowest BCUT2D eigenvalue weighted by Gasteiger charge is -2.27. The Morgan fingerprint density at radius 1 is 1.08 bits per heavy atom. The van der Waals surface area contributed by atoms with Crippen molar-refractivity contribution in [2.24, 2.45) is 7.05 Å². The van der Waals surface area contributed by atoms with Crippen LogP contribution in [0.15, 0.2) is 58.1 Å². The van der Waals surface area contributed by atoms with Gasteiger partial charge in [0.1, 0.15) is 23.0 Å². The summed E-state index contributed by atoms with van der Waals surface area (Å²) in [6, 6.07) is 11.9. The molecular formula is C24H24ClF3N4O5. The predicted octanol–water partition coefficient (Wildman–Crippen LogP) is 3.67. The van der Waals surface area contributed by atoms with Gasteiger partial charge in [-0.25, -0.2) is 4.79 Å². The van der Waals surface area contributed by atoms with Gasteiger partial charge < -0.3 is 24.8 Å². The molecule has 1 atom stereocenters. The Kier molecular flexibility index (Phi) is 7.69. The first kappa shape index (κ1) is 26.4. The topological polar surface area (TPSA) is 98.0 Å². The Balaban J connectivity index is 1.73. The number of anilines is 2. The molecular weight excluding hydrogens is 517 g/mol. The van der Waals surface area contributed by atoms with Crippen LogP contribution in [0.4, 0.5) is 24.7 Å². The molecule has 0 saturated carbocycles. The molecule has 1 aromatic heterocycles. The van der Waals surface area contributed by atoms with Crippen LogP contribution in [-0.2, 0) is 20.1 Å². The maximum Gasteiger partial charge on any atom is 0.573 e. The third-order valence-electron chi connectivity index (χ3n) is 5.70. The van der Waals surface area contributed by atoms with Gasteiger partial charge in [0.2, 0.25) is 0 Å². The van der Waals surface area contributed by atoms with Gasteiger partial charge in [-0.2, -0.15) is 0 Å². The van der Waals surface area contributed by atoms with Crippen LogP contribution in [0, 0.1) is 0 Å². The van der Waals surface area contributed by atoms with E-state index in [1.165, 1.54) is 23.7 Å². The van der Waals surface area contributed by atoms with Crippen LogP contribution in [0.5, 0.6) is 11.5 Å². The lowest BCUT2D eigenvalue weighted by molar-refractivity contribution is -0.274. The average Bonchev–Trinajstić information content (AvgIpc) is 3.18. The fourth-order valence-electron chi connectivity index (χ4n) is 3.98. The number of unbranched alkanes of at least 4 members (excludes halogenated alkanes) is 1. The van der Waals surface area contributed by atoms with Gasteiger partial charge in [0.05, 0.1) is 0 Å². The number of halogens is 4. The molecule has 0 aliphatic carbocycles. The molecule has 0 radical (unpaired) electrons. The monoisotopic (exact) mass is 540 g/mol. The van der Waals surface area contributed by atoms with Crippen molar-refractivity contribution in [3.8, 4) is 11.5 Å². The number of ether oxygens (including phenoxy) is 2. The molecule has 0 spiro atoms. The van der Waals surface area contributed by atoms with E-state index >= 15 is 0 Å². The first-order valence-corrected chi connectivity index (χ1v) is 11.7. The summed E-state index contributed by atoms with van der Waals surface area (Å²) in [5.74, 6) is -0.222. The minimum Gasteiger partial charge on any atom is -0.452 e. The molecule has 37 heavy (non-hydrogen) atoms. The fraction of sp³-hybridized carbons (Fsp3) is 0.333. The average molecular weight is 541 g/mol. The van der Waals surface area contributed by atoms with Crippen LogP contribution < -0.4 is 30.9 Å². The molecule has 0 bridgehead atoms. The van der Waals surface area contributed by atoms with E-state index in [2.05, 4.69) is 10.1 Å². The largest absolute Gasteiger partial charge is 0.573 e. The minimum absolute atomic E-state index is 0.0430. The van der Waals surface area contributed by atoms with E-state index in [9.17, 15) is 22.8 Å². The number of nitrogens with zero attached hydrogens (tertiary/aromatic N) is 3. The van der Waals surface area contributed by atoms with Crippen molar-refractivity contribution in [1.29, 1.82) is 0 Å². The molecule has 1 aliphatic rings.